The van der Waals surface area contributed by atoms with Crippen molar-refractivity contribution >= 4 is 0 Å². The molecule has 3 heteroatoms. The van der Waals surface area contributed by atoms with Crippen molar-refractivity contribution in [3.05, 3.63) is 29.3 Å². The van der Waals surface area contributed by atoms with Gasteiger partial charge in [0.15, 0.2) is 0 Å². The third kappa shape index (κ3) is 3.71. The van der Waals surface area contributed by atoms with Crippen LogP contribution in [0, 0.1) is 0 Å². The predicted molar refractivity (Wildman–Crippen MR) is 79.6 cm³/mol. The van der Waals surface area contributed by atoms with Gasteiger partial charge in [0.1, 0.15) is 5.75 Å². The Morgan fingerprint density at radius 3 is 2.84 bits per heavy atom. The lowest BCUT2D eigenvalue weighted by Crippen LogP contribution is -2.34. The second-order valence-electron chi connectivity index (χ2n) is 5.31. The van der Waals surface area contributed by atoms with Crippen molar-refractivity contribution in [1.82, 2.24) is 10.2 Å². The average Bonchev–Trinajstić information content (AvgIpc) is 2.43. The minimum absolute atomic E-state index is 0.391. The van der Waals surface area contributed by atoms with Gasteiger partial charge in [0.25, 0.3) is 0 Å². The summed E-state index contributed by atoms with van der Waals surface area (Å²) in [6.45, 7) is 8.80. The van der Waals surface area contributed by atoms with Crippen LogP contribution < -0.4 is 5.32 Å². The van der Waals surface area contributed by atoms with E-state index < -0.39 is 0 Å². The van der Waals surface area contributed by atoms with Crippen molar-refractivity contribution in [2.75, 3.05) is 26.2 Å². The lowest BCUT2D eigenvalue weighted by molar-refractivity contribution is 0.293. The van der Waals surface area contributed by atoms with E-state index in [-0.39, 0.29) is 0 Å². The van der Waals surface area contributed by atoms with Gasteiger partial charge in [-0.1, -0.05) is 19.9 Å². The van der Waals surface area contributed by atoms with E-state index in [0.717, 1.165) is 32.6 Å². The number of rotatable bonds is 6. The van der Waals surface area contributed by atoms with Gasteiger partial charge in [0.2, 0.25) is 0 Å². The SMILES string of the molecule is CCN(CC)CCNC1CCCc2cc(O)ccc21. The number of aryl methyl sites for hydroxylation is 1. The lowest BCUT2D eigenvalue weighted by atomic mass is 9.87. The van der Waals surface area contributed by atoms with Crippen molar-refractivity contribution in [3.8, 4) is 5.75 Å². The van der Waals surface area contributed by atoms with Crippen LogP contribution in [-0.2, 0) is 6.42 Å². The molecule has 1 unspecified atom stereocenters. The van der Waals surface area contributed by atoms with Crippen LogP contribution in [0.15, 0.2) is 18.2 Å². The molecule has 0 aromatic heterocycles. The van der Waals surface area contributed by atoms with Gasteiger partial charge in [-0.2, -0.15) is 0 Å². The molecule has 3 nitrogen and oxygen atoms in total. The molecule has 19 heavy (non-hydrogen) atoms. The molecule has 0 aliphatic heterocycles. The minimum atomic E-state index is 0.391. The molecule has 2 N–H and O–H groups in total. The van der Waals surface area contributed by atoms with Crippen LogP contribution >= 0.6 is 0 Å². The second-order valence-corrected chi connectivity index (χ2v) is 5.31. The third-order valence-corrected chi connectivity index (χ3v) is 4.15. The molecule has 1 aromatic rings. The molecular weight excluding hydrogens is 236 g/mol. The maximum atomic E-state index is 9.56. The van der Waals surface area contributed by atoms with Gasteiger partial charge in [0.05, 0.1) is 0 Å². The summed E-state index contributed by atoms with van der Waals surface area (Å²) in [7, 11) is 0. The first-order valence-corrected chi connectivity index (χ1v) is 7.52. The molecule has 0 radical (unpaired) electrons. The van der Waals surface area contributed by atoms with Gasteiger partial charge in [-0.3, -0.25) is 0 Å². The van der Waals surface area contributed by atoms with Gasteiger partial charge in [-0.05, 0) is 55.6 Å². The van der Waals surface area contributed by atoms with Gasteiger partial charge >= 0.3 is 0 Å². The first-order valence-electron chi connectivity index (χ1n) is 7.52. The highest BCUT2D eigenvalue weighted by atomic mass is 16.3. The molecule has 0 saturated heterocycles. The van der Waals surface area contributed by atoms with Crippen molar-refractivity contribution in [2.24, 2.45) is 0 Å². The average molecular weight is 262 g/mol. The molecule has 1 aliphatic carbocycles. The topological polar surface area (TPSA) is 35.5 Å². The summed E-state index contributed by atoms with van der Waals surface area (Å²) in [5, 5.41) is 13.2. The maximum Gasteiger partial charge on any atom is 0.115 e. The quantitative estimate of drug-likeness (QED) is 0.827. The lowest BCUT2D eigenvalue weighted by Gasteiger charge is -2.28. The highest BCUT2D eigenvalue weighted by Gasteiger charge is 2.19. The maximum absolute atomic E-state index is 9.56. The van der Waals surface area contributed by atoms with E-state index in [1.54, 1.807) is 0 Å². The summed E-state index contributed by atoms with van der Waals surface area (Å²) in [5.74, 6) is 0.391. The number of benzene rings is 1. The molecule has 1 atom stereocenters. The Morgan fingerprint density at radius 2 is 2.11 bits per heavy atom. The highest BCUT2D eigenvalue weighted by molar-refractivity contribution is 5.38. The van der Waals surface area contributed by atoms with Crippen LogP contribution in [-0.4, -0.2) is 36.2 Å². The Bertz CT molecular complexity index is 402. The molecule has 0 spiro atoms. The van der Waals surface area contributed by atoms with Crippen LogP contribution in [0.4, 0.5) is 0 Å². The van der Waals surface area contributed by atoms with E-state index in [1.165, 1.54) is 24.0 Å². The fraction of sp³-hybridized carbons (Fsp3) is 0.625. The van der Waals surface area contributed by atoms with Crippen LogP contribution in [0.25, 0.3) is 0 Å². The number of nitrogens with zero attached hydrogens (tertiary/aromatic N) is 1. The summed E-state index contributed by atoms with van der Waals surface area (Å²) >= 11 is 0. The number of nitrogens with one attached hydrogen (secondary N) is 1. The number of hydrogen-bond donors (Lipinski definition) is 2. The van der Waals surface area contributed by atoms with Gasteiger partial charge in [-0.25, -0.2) is 0 Å². The zero-order valence-electron chi connectivity index (χ0n) is 12.2. The Balaban J connectivity index is 1.92. The fourth-order valence-electron chi connectivity index (χ4n) is 2.95. The third-order valence-electron chi connectivity index (χ3n) is 4.15. The molecule has 0 amide bonds. The number of phenolic OH excluding ortho intramolecular Hbond substituents is 1. The van der Waals surface area contributed by atoms with Crippen LogP contribution in [0.2, 0.25) is 0 Å². The molecule has 0 fully saturated rings. The van der Waals surface area contributed by atoms with Crippen molar-refractivity contribution in [1.29, 1.82) is 0 Å². The van der Waals surface area contributed by atoms with Gasteiger partial charge in [-0.15, -0.1) is 0 Å². The van der Waals surface area contributed by atoms with Crippen LogP contribution in [0.1, 0.15) is 43.9 Å². The summed E-state index contributed by atoms with van der Waals surface area (Å²) in [4.78, 5) is 2.44. The van der Waals surface area contributed by atoms with Gasteiger partial charge in [0, 0.05) is 19.1 Å². The largest absolute Gasteiger partial charge is 0.508 e. The van der Waals surface area contributed by atoms with E-state index >= 15 is 0 Å². The Labute approximate surface area is 116 Å². The second kappa shape index (κ2) is 6.92. The van der Waals surface area contributed by atoms with E-state index in [9.17, 15) is 5.11 Å². The summed E-state index contributed by atoms with van der Waals surface area (Å²) < 4.78 is 0. The van der Waals surface area contributed by atoms with Crippen LogP contribution in [0.5, 0.6) is 5.75 Å². The normalized spacial score (nSPS) is 18.6. The molecule has 2 rings (SSSR count). The number of phenols is 1. The Hall–Kier alpha value is -1.06. The predicted octanol–water partition coefficient (Wildman–Crippen LogP) is 2.70. The molecular formula is C16H26N2O. The molecule has 0 bridgehead atoms. The monoisotopic (exact) mass is 262 g/mol. The van der Waals surface area contributed by atoms with Crippen LogP contribution in [0.3, 0.4) is 0 Å². The first kappa shape index (κ1) is 14.4. The van der Waals surface area contributed by atoms with E-state index in [0.29, 0.717) is 11.8 Å². The highest BCUT2D eigenvalue weighted by Crippen LogP contribution is 2.31. The first-order chi connectivity index (χ1) is 9.24. The van der Waals surface area contributed by atoms with E-state index in [1.807, 2.05) is 12.1 Å². The molecule has 1 aliphatic rings. The Morgan fingerprint density at radius 1 is 1.32 bits per heavy atom. The molecule has 0 heterocycles. The van der Waals surface area contributed by atoms with Gasteiger partial charge < -0.3 is 15.3 Å². The summed E-state index contributed by atoms with van der Waals surface area (Å²) in [6, 6.07) is 6.27. The van der Waals surface area contributed by atoms with E-state index in [2.05, 4.69) is 30.1 Å². The zero-order valence-corrected chi connectivity index (χ0v) is 12.2. The fourth-order valence-corrected chi connectivity index (χ4v) is 2.95. The standard InChI is InChI=1S/C16H26N2O/c1-3-18(4-2)11-10-17-16-7-5-6-13-12-14(19)8-9-15(13)16/h8-9,12,16-17,19H,3-7,10-11H2,1-2H3. The minimum Gasteiger partial charge on any atom is -0.508 e. The Kier molecular flexibility index (Phi) is 5.23. The number of fused-ring (bicyclic) bond motifs is 1. The van der Waals surface area contributed by atoms with Crippen molar-refractivity contribution in [2.45, 2.75) is 39.2 Å². The zero-order chi connectivity index (χ0) is 13.7. The van der Waals surface area contributed by atoms with E-state index in [4.69, 9.17) is 0 Å². The molecule has 1 aromatic carbocycles. The number of likely N-dealkylation sites (N-methyl/N-ethyl adjacent to an activating group) is 1. The molecule has 0 saturated carbocycles. The van der Waals surface area contributed by atoms with Crippen molar-refractivity contribution < 1.29 is 5.11 Å². The summed E-state index contributed by atoms with van der Waals surface area (Å²) in [6.07, 6.45) is 3.51. The molecule has 106 valence electrons. The summed E-state index contributed by atoms with van der Waals surface area (Å²) in [5.41, 5.74) is 2.69. The number of hydrogen-bond acceptors (Lipinski definition) is 3. The smallest absolute Gasteiger partial charge is 0.115 e. The number of aromatic hydroxyl groups is 1. The van der Waals surface area contributed by atoms with Crippen molar-refractivity contribution in [3.63, 3.8) is 0 Å².